The maximum atomic E-state index is 5.48. The second-order valence-electron chi connectivity index (χ2n) is 3.67. The van der Waals surface area contributed by atoms with Gasteiger partial charge >= 0.3 is 0 Å². The quantitative estimate of drug-likeness (QED) is 0.384. The molecule has 3 atom stereocenters. The number of hydrogen-bond donors (Lipinski definition) is 0. The molecule has 1 aliphatic carbocycles. The highest BCUT2D eigenvalue weighted by Crippen LogP contribution is 2.40. The highest BCUT2D eigenvalue weighted by Gasteiger charge is 2.43. The molecule has 2 aliphatic rings. The molecule has 0 spiro atoms. The van der Waals surface area contributed by atoms with Crippen LogP contribution in [-0.4, -0.2) is 25.1 Å². The number of epoxide rings is 1. The van der Waals surface area contributed by atoms with Crippen molar-refractivity contribution in [3.63, 3.8) is 0 Å². The van der Waals surface area contributed by atoms with Crippen LogP contribution in [0.5, 0.6) is 0 Å². The van der Waals surface area contributed by atoms with Gasteiger partial charge in [-0.3, -0.25) is 0 Å². The summed E-state index contributed by atoms with van der Waals surface area (Å²) in [6.07, 6.45) is 6.55. The van der Waals surface area contributed by atoms with Crippen molar-refractivity contribution in [2.75, 3.05) is 12.9 Å². The Bertz CT molecular complexity index is 151. The minimum absolute atomic E-state index is 0.635. The smallest absolute Gasteiger partial charge is 0.0844 e. The zero-order chi connectivity index (χ0) is 8.39. The van der Waals surface area contributed by atoms with Crippen molar-refractivity contribution >= 4 is 12.0 Å². The van der Waals surface area contributed by atoms with Crippen LogP contribution in [0.15, 0.2) is 0 Å². The van der Waals surface area contributed by atoms with E-state index in [9.17, 15) is 0 Å². The van der Waals surface area contributed by atoms with Gasteiger partial charge in [0.25, 0.3) is 0 Å². The Morgan fingerprint density at radius 3 is 3.08 bits per heavy atom. The molecule has 0 radical (unpaired) electrons. The van der Waals surface area contributed by atoms with Crippen LogP contribution in [0, 0.1) is 5.92 Å². The lowest BCUT2D eigenvalue weighted by atomic mass is 9.88. The first-order valence-corrected chi connectivity index (χ1v) is 5.62. The first kappa shape index (κ1) is 8.85. The fourth-order valence-corrected chi connectivity index (χ4v) is 2.64. The zero-order valence-corrected chi connectivity index (χ0v) is 8.31. The van der Waals surface area contributed by atoms with Crippen molar-refractivity contribution in [1.82, 2.24) is 0 Å². The molecule has 0 aromatic rings. The Labute approximate surface area is 78.2 Å². The SMILES string of the molecule is COSCCC1CCC2OC2C1. The fraction of sp³-hybridized carbons (Fsp3) is 1.00. The van der Waals surface area contributed by atoms with E-state index in [1.54, 1.807) is 19.2 Å². The summed E-state index contributed by atoms with van der Waals surface area (Å²) in [7, 11) is 1.74. The average molecular weight is 188 g/mol. The molecule has 1 heterocycles. The van der Waals surface area contributed by atoms with Gasteiger partial charge in [-0.05, 0) is 43.6 Å². The summed E-state index contributed by atoms with van der Waals surface area (Å²) < 4.78 is 10.4. The van der Waals surface area contributed by atoms with Crippen molar-refractivity contribution in [1.29, 1.82) is 0 Å². The summed E-state index contributed by atoms with van der Waals surface area (Å²) in [5.74, 6) is 2.04. The third-order valence-electron chi connectivity index (χ3n) is 2.84. The lowest BCUT2D eigenvalue weighted by Crippen LogP contribution is -2.13. The van der Waals surface area contributed by atoms with E-state index >= 15 is 0 Å². The van der Waals surface area contributed by atoms with E-state index in [-0.39, 0.29) is 0 Å². The summed E-state index contributed by atoms with van der Waals surface area (Å²) in [5.41, 5.74) is 0. The van der Waals surface area contributed by atoms with Gasteiger partial charge in [-0.1, -0.05) is 0 Å². The number of rotatable bonds is 4. The van der Waals surface area contributed by atoms with Crippen LogP contribution in [0.1, 0.15) is 25.7 Å². The van der Waals surface area contributed by atoms with Gasteiger partial charge in [-0.2, -0.15) is 0 Å². The lowest BCUT2D eigenvalue weighted by Gasteiger charge is -2.17. The van der Waals surface area contributed by atoms with Gasteiger partial charge in [0.05, 0.1) is 19.3 Å². The van der Waals surface area contributed by atoms with E-state index in [1.807, 2.05) is 0 Å². The van der Waals surface area contributed by atoms with Crippen LogP contribution < -0.4 is 0 Å². The Kier molecular flexibility index (Phi) is 2.94. The number of ether oxygens (including phenoxy) is 1. The molecule has 12 heavy (non-hydrogen) atoms. The topological polar surface area (TPSA) is 21.8 Å². The number of hydrogen-bond acceptors (Lipinski definition) is 3. The largest absolute Gasteiger partial charge is 0.370 e. The van der Waals surface area contributed by atoms with Crippen molar-refractivity contribution in [3.05, 3.63) is 0 Å². The Morgan fingerprint density at radius 2 is 2.33 bits per heavy atom. The van der Waals surface area contributed by atoms with E-state index in [4.69, 9.17) is 8.92 Å². The lowest BCUT2D eigenvalue weighted by molar-refractivity contribution is 0.357. The van der Waals surface area contributed by atoms with E-state index in [0.717, 1.165) is 11.7 Å². The molecule has 2 fully saturated rings. The van der Waals surface area contributed by atoms with Gasteiger partial charge in [0.15, 0.2) is 0 Å². The van der Waals surface area contributed by atoms with Crippen LogP contribution in [-0.2, 0) is 8.92 Å². The first-order chi connectivity index (χ1) is 5.90. The minimum atomic E-state index is 0.635. The molecule has 2 nitrogen and oxygen atoms in total. The summed E-state index contributed by atoms with van der Waals surface area (Å²) in [5, 5.41) is 0. The molecule has 2 rings (SSSR count). The second kappa shape index (κ2) is 3.99. The molecule has 1 saturated carbocycles. The molecule has 3 unspecified atom stereocenters. The molecule has 0 aromatic heterocycles. The molecule has 0 N–H and O–H groups in total. The highest BCUT2D eigenvalue weighted by molar-refractivity contribution is 7.94. The van der Waals surface area contributed by atoms with Crippen molar-refractivity contribution in [2.45, 2.75) is 37.9 Å². The Morgan fingerprint density at radius 1 is 1.42 bits per heavy atom. The molecular formula is C9H16O2S. The van der Waals surface area contributed by atoms with E-state index in [1.165, 1.54) is 25.7 Å². The highest BCUT2D eigenvalue weighted by atomic mass is 32.2. The molecule has 3 heteroatoms. The van der Waals surface area contributed by atoms with Gasteiger partial charge in [-0.15, -0.1) is 0 Å². The standard InChI is InChI=1S/C9H16O2S/c1-10-12-5-4-7-2-3-8-9(6-7)11-8/h7-9H,2-6H2,1H3. The van der Waals surface area contributed by atoms with Gasteiger partial charge in [-0.25, -0.2) is 0 Å². The van der Waals surface area contributed by atoms with Crippen LogP contribution in [0.2, 0.25) is 0 Å². The molecule has 70 valence electrons. The zero-order valence-electron chi connectivity index (χ0n) is 7.49. The molecule has 0 amide bonds. The summed E-state index contributed by atoms with van der Waals surface area (Å²) in [4.78, 5) is 0. The Balaban J connectivity index is 1.61. The van der Waals surface area contributed by atoms with Gasteiger partial charge in [0.1, 0.15) is 0 Å². The molecule has 1 saturated heterocycles. The average Bonchev–Trinajstić information content (AvgIpc) is 2.83. The van der Waals surface area contributed by atoms with Crippen LogP contribution in [0.4, 0.5) is 0 Å². The maximum Gasteiger partial charge on any atom is 0.0844 e. The van der Waals surface area contributed by atoms with Gasteiger partial charge in [0, 0.05) is 5.75 Å². The van der Waals surface area contributed by atoms with Crippen molar-refractivity contribution in [3.8, 4) is 0 Å². The minimum Gasteiger partial charge on any atom is -0.370 e. The second-order valence-corrected chi connectivity index (χ2v) is 4.65. The predicted molar refractivity (Wildman–Crippen MR) is 50.1 cm³/mol. The number of fused-ring (bicyclic) bond motifs is 1. The maximum absolute atomic E-state index is 5.48. The third kappa shape index (κ3) is 2.15. The first-order valence-electron chi connectivity index (χ1n) is 4.71. The van der Waals surface area contributed by atoms with Gasteiger partial charge < -0.3 is 8.92 Å². The third-order valence-corrected chi connectivity index (χ3v) is 3.48. The summed E-state index contributed by atoms with van der Waals surface area (Å²) >= 11 is 1.58. The van der Waals surface area contributed by atoms with Crippen LogP contribution in [0.3, 0.4) is 0 Å². The van der Waals surface area contributed by atoms with Crippen molar-refractivity contribution < 1.29 is 8.92 Å². The van der Waals surface area contributed by atoms with Crippen LogP contribution in [0.25, 0.3) is 0 Å². The fourth-order valence-electron chi connectivity index (χ4n) is 2.05. The van der Waals surface area contributed by atoms with E-state index in [2.05, 4.69) is 0 Å². The van der Waals surface area contributed by atoms with E-state index < -0.39 is 0 Å². The molecular weight excluding hydrogens is 172 g/mol. The van der Waals surface area contributed by atoms with Gasteiger partial charge in [0.2, 0.25) is 0 Å². The molecule has 0 bridgehead atoms. The normalized spacial score (nSPS) is 39.2. The summed E-state index contributed by atoms with van der Waals surface area (Å²) in [6, 6.07) is 0. The monoisotopic (exact) mass is 188 g/mol. The van der Waals surface area contributed by atoms with E-state index in [0.29, 0.717) is 12.2 Å². The summed E-state index contributed by atoms with van der Waals surface area (Å²) in [6.45, 7) is 0. The molecule has 0 aromatic carbocycles. The predicted octanol–water partition coefficient (Wildman–Crippen LogP) is 2.24. The van der Waals surface area contributed by atoms with Crippen LogP contribution >= 0.6 is 12.0 Å². The Hall–Kier alpha value is 0.270. The van der Waals surface area contributed by atoms with Crippen molar-refractivity contribution in [2.24, 2.45) is 5.92 Å². The molecule has 1 aliphatic heterocycles.